The predicted molar refractivity (Wildman–Crippen MR) is 199 cm³/mol. The Morgan fingerprint density at radius 1 is 1.02 bits per heavy atom. The van der Waals surface area contributed by atoms with Gasteiger partial charge in [0.2, 0.25) is 0 Å². The van der Waals surface area contributed by atoms with E-state index in [4.69, 9.17) is 28.4 Å². The molecule has 2 aliphatic heterocycles. The van der Waals surface area contributed by atoms with E-state index in [2.05, 4.69) is 5.32 Å². The molecule has 3 N–H and O–H groups in total. The molecule has 0 spiro atoms. The Balaban J connectivity index is 2.14. The van der Waals surface area contributed by atoms with E-state index in [0.717, 1.165) is 5.56 Å². The topological polar surface area (TPSA) is 162 Å². The van der Waals surface area contributed by atoms with Crippen molar-refractivity contribution in [2.75, 3.05) is 34.9 Å². The Kier molecular flexibility index (Phi) is 16.3. The number of hydrogen-bond donors (Lipinski definition) is 3. The summed E-state index contributed by atoms with van der Waals surface area (Å²) in [6.07, 6.45) is -5.92. The van der Waals surface area contributed by atoms with Crippen LogP contribution in [-0.2, 0) is 44.4 Å². The second-order valence-electron chi connectivity index (χ2n) is 15.8. The van der Waals surface area contributed by atoms with Gasteiger partial charge in [0.15, 0.2) is 6.29 Å². The van der Waals surface area contributed by atoms with E-state index in [1.54, 1.807) is 41.5 Å². The van der Waals surface area contributed by atoms with Crippen LogP contribution in [-0.4, -0.2) is 128 Å². The molecular formula is C40H66N2O11. The minimum Gasteiger partial charge on any atom is -0.459 e. The first-order valence-corrected chi connectivity index (χ1v) is 19.0. The van der Waals surface area contributed by atoms with Crippen LogP contribution < -0.4 is 5.32 Å². The van der Waals surface area contributed by atoms with Crippen LogP contribution in [0.5, 0.6) is 0 Å². The number of ether oxygens (including phenoxy) is 6. The number of nitrogens with zero attached hydrogens (tertiary/aromatic N) is 1. The summed E-state index contributed by atoms with van der Waals surface area (Å²) in [4.78, 5) is 43.7. The summed E-state index contributed by atoms with van der Waals surface area (Å²) in [5.74, 6) is -4.19. The lowest BCUT2D eigenvalue weighted by Gasteiger charge is -2.48. The van der Waals surface area contributed by atoms with Gasteiger partial charge in [-0.1, -0.05) is 58.0 Å². The maximum atomic E-state index is 14.1. The molecule has 13 heteroatoms. The maximum absolute atomic E-state index is 14.1. The SMILES string of the molecule is CC[C@H]1OC(=O)[C@H](C)[C@@H](OC(=O)NCCc2ccccc2)[C@H](C)[C@@H](O[C@@H]2O[C@H](C)C[C@H](N(C)C)[C@H]2O)[C@](C)(OC)C[C@@H](C)C(=O)[C@@H](C)[C@@H](OC)[C@]1(C)O. The number of carbonyl (C=O) groups excluding carboxylic acids is 3. The van der Waals surface area contributed by atoms with Gasteiger partial charge in [0, 0.05) is 44.6 Å². The standard InChI is InChI=1S/C40H66N2O11/c1-13-30-40(8,47)35(48-11)25(4)31(43)23(2)22-39(7,49-12)34(53-37-32(44)29(42(9)10)21-24(3)50-37)26(5)33(27(6)36(45)51-30)52-38(46)41-20-19-28-17-15-14-16-18-28/h14-18,23-27,29-30,32-35,37,44,47H,13,19-22H2,1-12H3,(H,41,46)/t23-,24-,25-,26+,27-,29+,30-,32-,33+,34-,35-,37+,39-,40-/m1/s1. The molecule has 1 amide bonds. The number of nitrogens with one attached hydrogen (secondary N) is 1. The Bertz CT molecular complexity index is 1330. The van der Waals surface area contributed by atoms with Gasteiger partial charge >= 0.3 is 12.1 Å². The van der Waals surface area contributed by atoms with Crippen molar-refractivity contribution >= 4 is 17.8 Å². The second kappa shape index (κ2) is 19.3. The third-order valence-corrected chi connectivity index (χ3v) is 11.5. The zero-order valence-corrected chi connectivity index (χ0v) is 33.9. The number of carbonyl (C=O) groups is 3. The molecule has 53 heavy (non-hydrogen) atoms. The van der Waals surface area contributed by atoms with E-state index in [1.165, 1.54) is 21.1 Å². The lowest BCUT2D eigenvalue weighted by atomic mass is 9.73. The molecule has 2 heterocycles. The molecule has 14 atom stereocenters. The number of benzene rings is 1. The highest BCUT2D eigenvalue weighted by molar-refractivity contribution is 5.83. The number of amides is 1. The van der Waals surface area contributed by atoms with Gasteiger partial charge in [-0.15, -0.1) is 0 Å². The molecule has 302 valence electrons. The first-order chi connectivity index (χ1) is 24.8. The number of likely N-dealkylation sites (N-methyl/N-ethyl adjacent to an activating group) is 1. The highest BCUT2D eigenvalue weighted by Crippen LogP contribution is 2.40. The van der Waals surface area contributed by atoms with Gasteiger partial charge in [-0.05, 0) is 73.0 Å². The summed E-state index contributed by atoms with van der Waals surface area (Å²) >= 11 is 0. The Labute approximate surface area is 316 Å². The van der Waals surface area contributed by atoms with Gasteiger partial charge in [-0.3, -0.25) is 9.59 Å². The molecule has 13 nitrogen and oxygen atoms in total. The Morgan fingerprint density at radius 3 is 2.23 bits per heavy atom. The van der Waals surface area contributed by atoms with Crippen LogP contribution in [0.15, 0.2) is 30.3 Å². The van der Waals surface area contributed by atoms with E-state index >= 15 is 0 Å². The molecular weight excluding hydrogens is 684 g/mol. The van der Waals surface area contributed by atoms with Crippen molar-refractivity contribution in [1.29, 1.82) is 0 Å². The number of aliphatic hydroxyl groups excluding tert-OH is 1. The lowest BCUT2D eigenvalue weighted by molar-refractivity contribution is -0.301. The first kappa shape index (κ1) is 44.7. The number of cyclic esters (lactones) is 1. The maximum Gasteiger partial charge on any atom is 0.407 e. The van der Waals surface area contributed by atoms with E-state index in [-0.39, 0.29) is 37.3 Å². The van der Waals surface area contributed by atoms with Crippen LogP contribution in [0, 0.1) is 23.7 Å². The van der Waals surface area contributed by atoms with Crippen molar-refractivity contribution in [3.05, 3.63) is 35.9 Å². The number of rotatable bonds is 10. The van der Waals surface area contributed by atoms with Crippen molar-refractivity contribution in [3.63, 3.8) is 0 Å². The van der Waals surface area contributed by atoms with E-state index in [0.29, 0.717) is 12.8 Å². The fraction of sp³-hybridized carbons (Fsp3) is 0.775. The first-order valence-electron chi connectivity index (χ1n) is 19.0. The number of alkyl carbamates (subject to hydrolysis) is 1. The molecule has 0 aliphatic carbocycles. The number of Topliss-reactive ketones (excluding diaryl/α,β-unsaturated/α-hetero) is 1. The summed E-state index contributed by atoms with van der Waals surface area (Å²) in [6.45, 7) is 14.1. The van der Waals surface area contributed by atoms with Gasteiger partial charge in [0.1, 0.15) is 29.7 Å². The highest BCUT2D eigenvalue weighted by Gasteiger charge is 2.53. The van der Waals surface area contributed by atoms with Gasteiger partial charge in [0.25, 0.3) is 0 Å². The van der Waals surface area contributed by atoms with Crippen molar-refractivity contribution < 1.29 is 53.0 Å². The van der Waals surface area contributed by atoms with Gasteiger partial charge in [-0.2, -0.15) is 0 Å². The fourth-order valence-corrected chi connectivity index (χ4v) is 8.33. The minimum absolute atomic E-state index is 0.141. The summed E-state index contributed by atoms with van der Waals surface area (Å²) < 4.78 is 37.1. The lowest BCUT2D eigenvalue weighted by Crippen LogP contribution is -2.61. The summed E-state index contributed by atoms with van der Waals surface area (Å²) in [7, 11) is 6.68. The smallest absolute Gasteiger partial charge is 0.407 e. The Morgan fingerprint density at radius 2 is 1.66 bits per heavy atom. The van der Waals surface area contributed by atoms with Gasteiger partial charge in [0.05, 0.1) is 29.8 Å². The minimum atomic E-state index is -1.75. The average Bonchev–Trinajstić information content (AvgIpc) is 3.11. The van der Waals surface area contributed by atoms with Crippen LogP contribution in [0.3, 0.4) is 0 Å². The predicted octanol–water partition coefficient (Wildman–Crippen LogP) is 4.15. The molecule has 3 rings (SSSR count). The molecule has 1 aromatic rings. The molecule has 2 fully saturated rings. The third kappa shape index (κ3) is 10.8. The zero-order valence-electron chi connectivity index (χ0n) is 33.9. The van der Waals surface area contributed by atoms with Gasteiger partial charge in [-0.25, -0.2) is 4.79 Å². The highest BCUT2D eigenvalue weighted by atomic mass is 16.7. The van der Waals surface area contributed by atoms with E-state index in [9.17, 15) is 24.6 Å². The molecule has 1 aromatic carbocycles. The monoisotopic (exact) mass is 750 g/mol. The summed E-state index contributed by atoms with van der Waals surface area (Å²) in [5, 5.41) is 26.2. The fourth-order valence-electron chi connectivity index (χ4n) is 8.33. The number of hydrogen-bond acceptors (Lipinski definition) is 12. The van der Waals surface area contributed by atoms with Crippen LogP contribution in [0.25, 0.3) is 0 Å². The van der Waals surface area contributed by atoms with Crippen LogP contribution in [0.2, 0.25) is 0 Å². The number of ketones is 1. The van der Waals surface area contributed by atoms with Crippen molar-refractivity contribution in [2.45, 2.75) is 141 Å². The molecule has 0 unspecified atom stereocenters. The number of methoxy groups -OCH3 is 2. The molecule has 2 saturated heterocycles. The van der Waals surface area contributed by atoms with E-state index < -0.39 is 83.7 Å². The molecule has 0 saturated carbocycles. The molecule has 0 aromatic heterocycles. The van der Waals surface area contributed by atoms with Crippen molar-refractivity contribution in [1.82, 2.24) is 10.2 Å². The molecule has 0 radical (unpaired) electrons. The zero-order chi connectivity index (χ0) is 39.8. The van der Waals surface area contributed by atoms with Crippen LogP contribution in [0.4, 0.5) is 4.79 Å². The summed E-state index contributed by atoms with van der Waals surface area (Å²) in [6, 6.07) is 9.39. The van der Waals surface area contributed by atoms with Crippen LogP contribution >= 0.6 is 0 Å². The largest absolute Gasteiger partial charge is 0.459 e. The van der Waals surface area contributed by atoms with E-state index in [1.807, 2.05) is 56.3 Å². The van der Waals surface area contributed by atoms with Crippen molar-refractivity contribution in [3.8, 4) is 0 Å². The average molecular weight is 751 g/mol. The quantitative estimate of drug-likeness (QED) is 0.294. The van der Waals surface area contributed by atoms with Crippen LogP contribution in [0.1, 0.15) is 80.2 Å². The number of esters is 1. The molecule has 0 bridgehead atoms. The second-order valence-corrected chi connectivity index (χ2v) is 15.8. The van der Waals surface area contributed by atoms with Gasteiger partial charge < -0.3 is 48.9 Å². The third-order valence-electron chi connectivity index (χ3n) is 11.5. The number of aliphatic hydroxyl groups is 2. The molecule has 2 aliphatic rings. The summed E-state index contributed by atoms with van der Waals surface area (Å²) in [5.41, 5.74) is -1.97. The Hall–Kier alpha value is -2.65. The van der Waals surface area contributed by atoms with Crippen molar-refractivity contribution in [2.24, 2.45) is 23.7 Å². The normalized spacial score (nSPS) is 39.2.